The number of H-pyrrole nitrogens is 1. The normalized spacial score (nSPS) is 11.9. The molecule has 0 aliphatic carbocycles. The van der Waals surface area contributed by atoms with Gasteiger partial charge in [0.1, 0.15) is 11.3 Å². The summed E-state index contributed by atoms with van der Waals surface area (Å²) in [5.41, 5.74) is 12.3. The first-order valence-corrected chi connectivity index (χ1v) is 15.3. The van der Waals surface area contributed by atoms with Crippen LogP contribution in [0.15, 0.2) is 59.7 Å². The van der Waals surface area contributed by atoms with Gasteiger partial charge in [0.2, 0.25) is 5.82 Å². The molecule has 0 spiro atoms. The number of fused-ring (bicyclic) bond motifs is 1. The second-order valence-electron chi connectivity index (χ2n) is 11.2. The molecule has 0 saturated carbocycles. The molecule has 3 heterocycles. The number of nitrogens with two attached hydrogens (primary N) is 1. The lowest BCUT2D eigenvalue weighted by Gasteiger charge is -2.19. The average molecular weight is 593 g/mol. The molecule has 0 atom stereocenters. The number of rotatable bonds is 12. The van der Waals surface area contributed by atoms with Crippen LogP contribution >= 0.6 is 0 Å². The molecule has 1 amide bonds. The predicted octanol–water partition coefficient (Wildman–Crippen LogP) is 5.09. The van der Waals surface area contributed by atoms with E-state index < -0.39 is 0 Å². The van der Waals surface area contributed by atoms with Crippen LogP contribution in [0.1, 0.15) is 75.1 Å². The van der Waals surface area contributed by atoms with E-state index in [2.05, 4.69) is 79.7 Å². The van der Waals surface area contributed by atoms with E-state index in [0.29, 0.717) is 46.7 Å². The molecular weight excluding hydrogens is 552 g/mol. The highest BCUT2D eigenvalue weighted by Gasteiger charge is 2.21. The van der Waals surface area contributed by atoms with Gasteiger partial charge in [-0.2, -0.15) is 5.21 Å². The number of aromatic nitrogens is 7. The van der Waals surface area contributed by atoms with Crippen LogP contribution in [0.3, 0.4) is 0 Å². The maximum absolute atomic E-state index is 13.5. The standard InChI is InChI=1S/C33H40N10O/c1-5-7-13-27-38-31-29(28(26(34)19-36-31)33(44)37-21(3)4)32(35-18-8-6-2)43(27)20-22-14-16-23(17-15-22)24-11-9-10-12-25(24)30-39-41-42-40-30/h9-12,14-17,19,21H,5-8,13,18,20,34H2,1-4H3,(H,37,44)(H,39,40,41,42). The summed E-state index contributed by atoms with van der Waals surface area (Å²) in [5, 5.41) is 18.2. The largest absolute Gasteiger partial charge is 0.397 e. The zero-order chi connectivity index (χ0) is 31.1. The van der Waals surface area contributed by atoms with Gasteiger partial charge >= 0.3 is 0 Å². The van der Waals surface area contributed by atoms with E-state index in [1.807, 2.05) is 32.0 Å². The number of carbonyl (C=O) groups excluding carboxylic acids is 1. The van der Waals surface area contributed by atoms with Crippen LogP contribution in [-0.4, -0.2) is 53.7 Å². The van der Waals surface area contributed by atoms with Crippen molar-refractivity contribution in [3.05, 3.63) is 77.2 Å². The maximum Gasteiger partial charge on any atom is 0.254 e. The number of nitrogens with one attached hydrogen (secondary N) is 2. The van der Waals surface area contributed by atoms with Crippen LogP contribution in [0.4, 0.5) is 5.69 Å². The number of amides is 1. The Labute approximate surface area is 257 Å². The molecule has 228 valence electrons. The minimum Gasteiger partial charge on any atom is -0.397 e. The van der Waals surface area contributed by atoms with Crippen molar-refractivity contribution in [2.24, 2.45) is 4.99 Å². The fourth-order valence-electron chi connectivity index (χ4n) is 5.21. The third-order valence-electron chi connectivity index (χ3n) is 7.41. The molecule has 0 fully saturated rings. The van der Waals surface area contributed by atoms with Crippen LogP contribution in [0, 0.1) is 0 Å². The van der Waals surface area contributed by atoms with E-state index in [-0.39, 0.29) is 11.9 Å². The number of nitrogen functional groups attached to an aromatic ring is 1. The quantitative estimate of drug-likeness (QED) is 0.171. The molecule has 11 nitrogen and oxygen atoms in total. The highest BCUT2D eigenvalue weighted by atomic mass is 16.1. The van der Waals surface area contributed by atoms with Crippen LogP contribution in [0.5, 0.6) is 0 Å². The number of aryl methyl sites for hydroxylation is 1. The van der Waals surface area contributed by atoms with Gasteiger partial charge in [0, 0.05) is 24.6 Å². The van der Waals surface area contributed by atoms with E-state index in [1.54, 1.807) is 0 Å². The summed E-state index contributed by atoms with van der Waals surface area (Å²) >= 11 is 0. The molecule has 0 radical (unpaired) electrons. The lowest BCUT2D eigenvalue weighted by molar-refractivity contribution is 0.0945. The first kappa shape index (κ1) is 30.5. The van der Waals surface area contributed by atoms with Crippen molar-refractivity contribution < 1.29 is 4.79 Å². The van der Waals surface area contributed by atoms with E-state index in [9.17, 15) is 4.79 Å². The molecule has 3 aromatic heterocycles. The van der Waals surface area contributed by atoms with Gasteiger partial charge in [-0.3, -0.25) is 9.79 Å². The van der Waals surface area contributed by atoms with Crippen LogP contribution in [0.25, 0.3) is 33.5 Å². The summed E-state index contributed by atoms with van der Waals surface area (Å²) in [6.45, 7) is 9.30. The van der Waals surface area contributed by atoms with Gasteiger partial charge in [-0.25, -0.2) is 9.97 Å². The molecule has 0 aliphatic rings. The summed E-state index contributed by atoms with van der Waals surface area (Å²) in [7, 11) is 0. The maximum atomic E-state index is 13.5. The molecule has 0 unspecified atom stereocenters. The van der Waals surface area contributed by atoms with Crippen molar-refractivity contribution in [3.63, 3.8) is 0 Å². The summed E-state index contributed by atoms with van der Waals surface area (Å²) in [4.78, 5) is 28.1. The van der Waals surface area contributed by atoms with E-state index in [4.69, 9.17) is 15.7 Å². The first-order valence-electron chi connectivity index (χ1n) is 15.3. The lowest BCUT2D eigenvalue weighted by Crippen LogP contribution is -2.34. The Morgan fingerprint density at radius 3 is 2.48 bits per heavy atom. The molecule has 5 aromatic rings. The van der Waals surface area contributed by atoms with Crippen LogP contribution in [-0.2, 0) is 13.0 Å². The SMILES string of the molecule is CCCCN=c1c2c(C(=O)NC(C)C)c(N)cnc2nc(CCCC)n1Cc1ccc(-c2ccccc2-c2nn[nH]n2)cc1. The van der Waals surface area contributed by atoms with Crippen molar-refractivity contribution in [1.29, 1.82) is 0 Å². The molecular formula is C33H40N10O. The summed E-state index contributed by atoms with van der Waals surface area (Å²) < 4.78 is 2.14. The highest BCUT2D eigenvalue weighted by Crippen LogP contribution is 2.30. The van der Waals surface area contributed by atoms with Gasteiger partial charge in [-0.1, -0.05) is 75.2 Å². The fourth-order valence-corrected chi connectivity index (χ4v) is 5.21. The van der Waals surface area contributed by atoms with Crippen molar-refractivity contribution in [2.45, 2.75) is 72.4 Å². The van der Waals surface area contributed by atoms with Gasteiger partial charge in [-0.15, -0.1) is 10.2 Å². The van der Waals surface area contributed by atoms with Gasteiger partial charge in [0.15, 0.2) is 5.65 Å². The summed E-state index contributed by atoms with van der Waals surface area (Å²) in [5.74, 6) is 1.18. The van der Waals surface area contributed by atoms with Crippen molar-refractivity contribution in [2.75, 3.05) is 12.3 Å². The molecule has 0 bridgehead atoms. The number of aromatic amines is 1. The average Bonchev–Trinajstić information content (AvgIpc) is 3.56. The predicted molar refractivity (Wildman–Crippen MR) is 173 cm³/mol. The second-order valence-corrected chi connectivity index (χ2v) is 11.2. The fraction of sp³-hybridized carbons (Fsp3) is 0.364. The second kappa shape index (κ2) is 14.0. The Kier molecular flexibility index (Phi) is 9.73. The zero-order valence-corrected chi connectivity index (χ0v) is 25.8. The van der Waals surface area contributed by atoms with Crippen LogP contribution < -0.4 is 16.5 Å². The molecule has 2 aromatic carbocycles. The zero-order valence-electron chi connectivity index (χ0n) is 25.8. The van der Waals surface area contributed by atoms with Crippen molar-refractivity contribution >= 4 is 22.6 Å². The molecule has 0 saturated heterocycles. The van der Waals surface area contributed by atoms with Gasteiger partial charge in [-0.05, 0) is 48.6 Å². The van der Waals surface area contributed by atoms with Gasteiger partial charge in [0.25, 0.3) is 5.91 Å². The van der Waals surface area contributed by atoms with E-state index in [1.165, 1.54) is 6.20 Å². The molecule has 5 rings (SSSR count). The number of tetrazole rings is 1. The number of hydrogen-bond donors (Lipinski definition) is 3. The van der Waals surface area contributed by atoms with E-state index in [0.717, 1.165) is 60.2 Å². The molecule has 4 N–H and O–H groups in total. The molecule has 44 heavy (non-hydrogen) atoms. The Morgan fingerprint density at radius 1 is 1.05 bits per heavy atom. The van der Waals surface area contributed by atoms with Gasteiger partial charge in [0.05, 0.1) is 29.4 Å². The number of pyridine rings is 1. The monoisotopic (exact) mass is 592 g/mol. The van der Waals surface area contributed by atoms with Crippen molar-refractivity contribution in [1.82, 2.24) is 40.5 Å². The minimum absolute atomic E-state index is 0.0572. The summed E-state index contributed by atoms with van der Waals surface area (Å²) in [6.07, 6.45) is 6.20. The first-order chi connectivity index (χ1) is 21.4. The molecule has 11 heteroatoms. The highest BCUT2D eigenvalue weighted by molar-refractivity contribution is 6.09. The number of anilines is 1. The van der Waals surface area contributed by atoms with Crippen molar-refractivity contribution in [3.8, 4) is 22.5 Å². The smallest absolute Gasteiger partial charge is 0.254 e. The minimum atomic E-state index is -0.254. The topological polar surface area (TPSA) is 153 Å². The van der Waals surface area contributed by atoms with Crippen LogP contribution in [0.2, 0.25) is 0 Å². The Balaban J connectivity index is 1.65. The Bertz CT molecular complexity index is 1790. The number of hydrogen-bond acceptors (Lipinski definition) is 8. The Morgan fingerprint density at radius 2 is 1.80 bits per heavy atom. The van der Waals surface area contributed by atoms with Gasteiger partial charge < -0.3 is 15.6 Å². The number of unbranched alkanes of at least 4 members (excludes halogenated alkanes) is 2. The van der Waals surface area contributed by atoms with E-state index >= 15 is 0 Å². The number of benzene rings is 2. The molecule has 0 aliphatic heterocycles. The summed E-state index contributed by atoms with van der Waals surface area (Å²) in [6, 6.07) is 16.4. The third-order valence-corrected chi connectivity index (χ3v) is 7.41. The Hall–Kier alpha value is -4.93. The number of nitrogens with zero attached hydrogens (tertiary/aromatic N) is 7. The lowest BCUT2D eigenvalue weighted by atomic mass is 9.98. The third kappa shape index (κ3) is 6.66. The number of carbonyl (C=O) groups is 1.